The molecule has 0 aliphatic heterocycles. The smallest absolute Gasteiger partial charge is 0.341 e. The van der Waals surface area contributed by atoms with Gasteiger partial charge in [-0.25, -0.2) is 9.78 Å². The number of anilines is 1. The lowest BCUT2D eigenvalue weighted by molar-refractivity contribution is -0.123. The van der Waals surface area contributed by atoms with Crippen molar-refractivity contribution in [2.75, 3.05) is 11.6 Å². The molecule has 0 bridgehead atoms. The van der Waals surface area contributed by atoms with Gasteiger partial charge in [0.1, 0.15) is 5.03 Å². The van der Waals surface area contributed by atoms with Gasteiger partial charge in [0.2, 0.25) is 0 Å². The maximum Gasteiger partial charge on any atom is 0.341 e. The lowest BCUT2D eigenvalue weighted by Crippen LogP contribution is -2.30. The van der Waals surface area contributed by atoms with Crippen molar-refractivity contribution in [2.45, 2.75) is 25.0 Å². The molecule has 1 amide bonds. The third-order valence-corrected chi connectivity index (χ3v) is 3.87. The van der Waals surface area contributed by atoms with Gasteiger partial charge in [-0.2, -0.15) is 0 Å². The van der Waals surface area contributed by atoms with Crippen LogP contribution >= 0.6 is 11.8 Å². The number of aryl methyl sites for hydroxylation is 1. The number of aromatic nitrogens is 1. The normalized spacial score (nSPS) is 11.6. The Morgan fingerprint density at radius 3 is 2.57 bits per heavy atom. The zero-order valence-corrected chi connectivity index (χ0v) is 14.0. The Balaban J connectivity index is 2.00. The molecule has 1 aromatic heterocycles. The number of carbonyl (C=O) groups excluding carboxylic acids is 2. The van der Waals surface area contributed by atoms with Gasteiger partial charge in [-0.15, -0.1) is 11.8 Å². The van der Waals surface area contributed by atoms with Gasteiger partial charge in [0.15, 0.2) is 6.10 Å². The molecule has 1 aromatic carbocycles. The van der Waals surface area contributed by atoms with Gasteiger partial charge in [-0.3, -0.25) is 4.79 Å². The first-order valence-corrected chi connectivity index (χ1v) is 8.31. The largest absolute Gasteiger partial charge is 0.449 e. The third-order valence-electron chi connectivity index (χ3n) is 3.16. The van der Waals surface area contributed by atoms with Crippen LogP contribution < -0.4 is 5.32 Å². The van der Waals surface area contributed by atoms with Crippen LogP contribution in [0, 0.1) is 6.92 Å². The lowest BCUT2D eigenvalue weighted by Gasteiger charge is -2.14. The summed E-state index contributed by atoms with van der Waals surface area (Å²) in [6.07, 6.45) is 2.53. The Morgan fingerprint density at radius 2 is 1.91 bits per heavy atom. The molecule has 6 heteroatoms. The Morgan fingerprint density at radius 1 is 1.22 bits per heavy atom. The van der Waals surface area contributed by atoms with Crippen LogP contribution in [-0.4, -0.2) is 29.2 Å². The van der Waals surface area contributed by atoms with E-state index in [1.165, 1.54) is 18.7 Å². The average Bonchev–Trinajstić information content (AvgIpc) is 2.56. The molecule has 0 saturated carbocycles. The molecule has 2 rings (SSSR count). The molecule has 0 saturated heterocycles. The standard InChI is InChI=1S/C17H18N2O3S/c1-11-6-8-13(9-7-11)19-15(20)12(2)22-17(21)14-5-4-10-18-16(14)23-3/h4-10,12H,1-3H3,(H,19,20)/t12-/m0/s1. The zero-order chi connectivity index (χ0) is 16.8. The first-order valence-electron chi connectivity index (χ1n) is 7.08. The molecule has 0 aliphatic carbocycles. The van der Waals surface area contributed by atoms with Crippen molar-refractivity contribution in [1.82, 2.24) is 4.98 Å². The number of ether oxygens (including phenoxy) is 1. The van der Waals surface area contributed by atoms with Crippen molar-refractivity contribution >= 4 is 29.3 Å². The predicted molar refractivity (Wildman–Crippen MR) is 90.7 cm³/mol. The number of carbonyl (C=O) groups is 2. The van der Waals surface area contributed by atoms with Gasteiger partial charge < -0.3 is 10.1 Å². The fourth-order valence-corrected chi connectivity index (χ4v) is 2.40. The number of pyridine rings is 1. The van der Waals surface area contributed by atoms with Crippen LogP contribution in [0.25, 0.3) is 0 Å². The topological polar surface area (TPSA) is 68.3 Å². The van der Waals surface area contributed by atoms with Gasteiger partial charge in [0.25, 0.3) is 5.91 Å². The second-order valence-corrected chi connectivity index (χ2v) is 5.76. The fraction of sp³-hybridized carbons (Fsp3) is 0.235. The summed E-state index contributed by atoms with van der Waals surface area (Å²) in [5.74, 6) is -0.939. The summed E-state index contributed by atoms with van der Waals surface area (Å²) in [6.45, 7) is 3.50. The SMILES string of the molecule is CSc1ncccc1C(=O)O[C@@H](C)C(=O)Nc1ccc(C)cc1. The highest BCUT2D eigenvalue weighted by Gasteiger charge is 2.21. The molecule has 0 radical (unpaired) electrons. The number of nitrogens with zero attached hydrogens (tertiary/aromatic N) is 1. The van der Waals surface area contributed by atoms with Crippen molar-refractivity contribution in [1.29, 1.82) is 0 Å². The van der Waals surface area contributed by atoms with E-state index in [1.54, 1.807) is 30.5 Å². The van der Waals surface area contributed by atoms with Crippen LogP contribution in [0.15, 0.2) is 47.6 Å². The monoisotopic (exact) mass is 330 g/mol. The van der Waals surface area contributed by atoms with Crippen molar-refractivity contribution in [3.05, 3.63) is 53.7 Å². The van der Waals surface area contributed by atoms with Crippen molar-refractivity contribution in [2.24, 2.45) is 0 Å². The Hall–Kier alpha value is -2.34. The van der Waals surface area contributed by atoms with Gasteiger partial charge in [-0.1, -0.05) is 17.7 Å². The average molecular weight is 330 g/mol. The highest BCUT2D eigenvalue weighted by atomic mass is 32.2. The maximum atomic E-state index is 12.2. The van der Waals surface area contributed by atoms with E-state index in [4.69, 9.17) is 4.74 Å². The number of amides is 1. The molecule has 120 valence electrons. The molecular formula is C17H18N2O3S. The second kappa shape index (κ2) is 7.78. The molecule has 0 spiro atoms. The highest BCUT2D eigenvalue weighted by Crippen LogP contribution is 2.18. The zero-order valence-electron chi connectivity index (χ0n) is 13.2. The number of hydrogen-bond acceptors (Lipinski definition) is 5. The number of benzene rings is 1. The Bertz CT molecular complexity index is 701. The van der Waals surface area contributed by atoms with E-state index in [0.29, 0.717) is 16.3 Å². The van der Waals surface area contributed by atoms with Crippen LogP contribution in [0.1, 0.15) is 22.8 Å². The molecule has 1 N–H and O–H groups in total. The van der Waals surface area contributed by atoms with Crippen LogP contribution in [-0.2, 0) is 9.53 Å². The minimum absolute atomic E-state index is 0.356. The quantitative estimate of drug-likeness (QED) is 0.673. The minimum atomic E-state index is -0.904. The summed E-state index contributed by atoms with van der Waals surface area (Å²) < 4.78 is 5.23. The minimum Gasteiger partial charge on any atom is -0.449 e. The third kappa shape index (κ3) is 4.56. The Labute approximate surface area is 139 Å². The number of nitrogens with one attached hydrogen (secondary N) is 1. The molecule has 1 atom stereocenters. The molecule has 0 fully saturated rings. The van der Waals surface area contributed by atoms with Crippen LogP contribution in [0.5, 0.6) is 0 Å². The van der Waals surface area contributed by atoms with Gasteiger partial charge in [0, 0.05) is 11.9 Å². The van der Waals surface area contributed by atoms with E-state index < -0.39 is 12.1 Å². The van der Waals surface area contributed by atoms with Gasteiger partial charge >= 0.3 is 5.97 Å². The molecule has 1 heterocycles. The van der Waals surface area contributed by atoms with Crippen molar-refractivity contribution in [3.63, 3.8) is 0 Å². The molecule has 23 heavy (non-hydrogen) atoms. The van der Waals surface area contributed by atoms with E-state index in [0.717, 1.165) is 5.56 Å². The number of esters is 1. The summed E-state index contributed by atoms with van der Waals surface area (Å²) in [4.78, 5) is 28.4. The number of hydrogen-bond donors (Lipinski definition) is 1. The predicted octanol–water partition coefficient (Wildman–Crippen LogP) is 3.30. The van der Waals surface area contributed by atoms with Crippen molar-refractivity contribution in [3.8, 4) is 0 Å². The Kier molecular flexibility index (Phi) is 5.76. The molecule has 2 aromatic rings. The maximum absolute atomic E-state index is 12.2. The summed E-state index contributed by atoms with van der Waals surface area (Å²) in [6, 6.07) is 10.7. The highest BCUT2D eigenvalue weighted by molar-refractivity contribution is 7.98. The van der Waals surface area contributed by atoms with Gasteiger partial charge in [0.05, 0.1) is 5.56 Å². The van der Waals surface area contributed by atoms with Gasteiger partial charge in [-0.05, 0) is 44.4 Å². The van der Waals surface area contributed by atoms with E-state index in [1.807, 2.05) is 25.3 Å². The first-order chi connectivity index (χ1) is 11.0. The van der Waals surface area contributed by atoms with Crippen LogP contribution in [0.3, 0.4) is 0 Å². The van der Waals surface area contributed by atoms with E-state index >= 15 is 0 Å². The van der Waals surface area contributed by atoms with E-state index in [-0.39, 0.29) is 5.91 Å². The van der Waals surface area contributed by atoms with Crippen LogP contribution in [0.2, 0.25) is 0 Å². The number of rotatable bonds is 5. The van der Waals surface area contributed by atoms with Crippen LogP contribution in [0.4, 0.5) is 5.69 Å². The molecular weight excluding hydrogens is 312 g/mol. The molecule has 5 nitrogen and oxygen atoms in total. The first kappa shape index (κ1) is 17.0. The summed E-state index contributed by atoms with van der Waals surface area (Å²) in [5.41, 5.74) is 2.12. The van der Waals surface area contributed by atoms with E-state index in [2.05, 4.69) is 10.3 Å². The van der Waals surface area contributed by atoms with E-state index in [9.17, 15) is 9.59 Å². The second-order valence-electron chi connectivity index (χ2n) is 4.96. The fourth-order valence-electron chi connectivity index (χ4n) is 1.87. The summed E-state index contributed by atoms with van der Waals surface area (Å²) in [5, 5.41) is 3.29. The number of thioether (sulfide) groups is 1. The van der Waals surface area contributed by atoms with Crippen molar-refractivity contribution < 1.29 is 14.3 Å². The molecule has 0 unspecified atom stereocenters. The summed E-state index contributed by atoms with van der Waals surface area (Å²) >= 11 is 1.35. The molecule has 0 aliphatic rings. The summed E-state index contributed by atoms with van der Waals surface area (Å²) in [7, 11) is 0. The lowest BCUT2D eigenvalue weighted by atomic mass is 10.2.